The highest BCUT2D eigenvalue weighted by atomic mass is 35.5. The normalized spacial score (nSPS) is 15.3. The highest BCUT2D eigenvalue weighted by Crippen LogP contribution is 2.33. The van der Waals surface area contributed by atoms with Gasteiger partial charge in [-0.15, -0.1) is 0 Å². The minimum absolute atomic E-state index is 0.0747. The van der Waals surface area contributed by atoms with Crippen LogP contribution in [0.4, 0.5) is 18.9 Å². The zero-order valence-corrected chi connectivity index (χ0v) is 19.9. The monoisotopic (exact) mass is 506 g/mol. The quantitative estimate of drug-likeness (QED) is 0.331. The van der Waals surface area contributed by atoms with Gasteiger partial charge < -0.3 is 9.80 Å². The van der Waals surface area contributed by atoms with Gasteiger partial charge in [0.2, 0.25) is 5.91 Å². The molecular formula is C24H22ClF3N4OS. The molecule has 1 fully saturated rings. The number of aromatic nitrogens is 2. The smallest absolute Gasteiger partial charge is 0.368 e. The Kier molecular flexibility index (Phi) is 7.33. The Labute approximate surface area is 205 Å². The number of alkyl halides is 3. The molecule has 1 saturated heterocycles. The van der Waals surface area contributed by atoms with Crippen molar-refractivity contribution < 1.29 is 18.0 Å². The second-order valence-corrected chi connectivity index (χ2v) is 9.58. The molecule has 0 spiro atoms. The highest BCUT2D eigenvalue weighted by Gasteiger charge is 2.34. The maximum Gasteiger partial charge on any atom is 0.433 e. The van der Waals surface area contributed by atoms with Gasteiger partial charge in [-0.05, 0) is 37.3 Å². The third-order valence-corrected chi connectivity index (χ3v) is 6.68. The van der Waals surface area contributed by atoms with Crippen molar-refractivity contribution in [1.82, 2.24) is 14.9 Å². The molecule has 0 bridgehead atoms. The van der Waals surface area contributed by atoms with E-state index in [2.05, 4.69) is 14.9 Å². The highest BCUT2D eigenvalue weighted by molar-refractivity contribution is 8.00. The number of carbonyl (C=O) groups excluding carboxylic acids is 1. The molecule has 0 saturated carbocycles. The van der Waals surface area contributed by atoms with Crippen LogP contribution in [0.15, 0.2) is 65.8 Å². The average Bonchev–Trinajstić information content (AvgIpc) is 2.84. The lowest BCUT2D eigenvalue weighted by atomic mass is 10.1. The Morgan fingerprint density at radius 1 is 1.00 bits per heavy atom. The van der Waals surface area contributed by atoms with E-state index in [0.717, 1.165) is 23.5 Å². The molecule has 1 aliphatic heterocycles. The summed E-state index contributed by atoms with van der Waals surface area (Å²) in [6.45, 7) is 4.02. The molecule has 1 amide bonds. The van der Waals surface area contributed by atoms with Crippen molar-refractivity contribution in [3.8, 4) is 11.3 Å². The Morgan fingerprint density at radius 3 is 2.26 bits per heavy atom. The number of rotatable bonds is 5. The van der Waals surface area contributed by atoms with Gasteiger partial charge in [0.05, 0.1) is 10.9 Å². The maximum absolute atomic E-state index is 13.5. The van der Waals surface area contributed by atoms with E-state index in [-0.39, 0.29) is 16.8 Å². The van der Waals surface area contributed by atoms with Crippen LogP contribution in [0.5, 0.6) is 0 Å². The molecule has 34 heavy (non-hydrogen) atoms. The molecular weight excluding hydrogens is 485 g/mol. The summed E-state index contributed by atoms with van der Waals surface area (Å²) in [6.07, 6.45) is -4.62. The molecule has 2 heterocycles. The Morgan fingerprint density at radius 2 is 1.65 bits per heavy atom. The number of hydrogen-bond acceptors (Lipinski definition) is 5. The molecule has 1 atom stereocenters. The lowest BCUT2D eigenvalue weighted by Gasteiger charge is -2.37. The molecule has 0 aliphatic carbocycles. The van der Waals surface area contributed by atoms with Crippen LogP contribution in [0.3, 0.4) is 0 Å². The van der Waals surface area contributed by atoms with Crippen LogP contribution in [-0.2, 0) is 11.0 Å². The summed E-state index contributed by atoms with van der Waals surface area (Å²) in [4.78, 5) is 24.9. The largest absolute Gasteiger partial charge is 0.433 e. The average molecular weight is 507 g/mol. The summed E-state index contributed by atoms with van der Waals surface area (Å²) in [6, 6.07) is 17.1. The Balaban J connectivity index is 1.45. The van der Waals surface area contributed by atoms with Gasteiger partial charge in [0, 0.05) is 42.5 Å². The molecule has 1 unspecified atom stereocenters. The number of hydrogen-bond donors (Lipinski definition) is 0. The van der Waals surface area contributed by atoms with E-state index in [9.17, 15) is 18.0 Å². The Bertz CT molecular complexity index is 1140. The molecule has 0 radical (unpaired) electrons. The van der Waals surface area contributed by atoms with Gasteiger partial charge in [-0.1, -0.05) is 53.7 Å². The fraction of sp³-hybridized carbons (Fsp3) is 0.292. The molecule has 0 N–H and O–H groups in total. The van der Waals surface area contributed by atoms with Crippen molar-refractivity contribution in [2.75, 3.05) is 31.1 Å². The SMILES string of the molecule is CC(Sc1nc(-c2ccccc2)cc(C(F)(F)F)n1)C(=O)N1CCN(c2ccc(Cl)cc2)CC1. The van der Waals surface area contributed by atoms with E-state index >= 15 is 0 Å². The first-order valence-electron chi connectivity index (χ1n) is 10.7. The molecule has 178 valence electrons. The first-order valence-corrected chi connectivity index (χ1v) is 11.9. The lowest BCUT2D eigenvalue weighted by molar-refractivity contribution is -0.141. The molecule has 1 aromatic heterocycles. The third kappa shape index (κ3) is 5.82. The topological polar surface area (TPSA) is 49.3 Å². The van der Waals surface area contributed by atoms with Crippen molar-refractivity contribution in [3.05, 3.63) is 71.4 Å². The predicted molar refractivity (Wildman–Crippen MR) is 128 cm³/mol. The van der Waals surface area contributed by atoms with Gasteiger partial charge in [0.25, 0.3) is 0 Å². The number of carbonyl (C=O) groups is 1. The van der Waals surface area contributed by atoms with E-state index in [4.69, 9.17) is 11.6 Å². The summed E-state index contributed by atoms with van der Waals surface area (Å²) in [7, 11) is 0. The summed E-state index contributed by atoms with van der Waals surface area (Å²) >= 11 is 6.89. The second kappa shape index (κ2) is 10.2. The Hall–Kier alpha value is -2.78. The molecule has 2 aromatic carbocycles. The maximum atomic E-state index is 13.5. The molecule has 5 nitrogen and oxygen atoms in total. The minimum atomic E-state index is -4.62. The van der Waals surface area contributed by atoms with E-state index in [1.807, 2.05) is 24.3 Å². The standard InChI is InChI=1S/C24H22ClF3N4OS/c1-16(22(33)32-13-11-31(12-14-32)19-9-7-18(25)8-10-19)34-23-29-20(17-5-3-2-4-6-17)15-21(30-23)24(26,27)28/h2-10,15-16H,11-14H2,1H3. The summed E-state index contributed by atoms with van der Waals surface area (Å²) in [5.74, 6) is -0.150. The zero-order chi connectivity index (χ0) is 24.3. The lowest BCUT2D eigenvalue weighted by Crippen LogP contribution is -2.50. The van der Waals surface area contributed by atoms with Gasteiger partial charge in [0.15, 0.2) is 5.16 Å². The van der Waals surface area contributed by atoms with Crippen LogP contribution in [0.2, 0.25) is 5.02 Å². The van der Waals surface area contributed by atoms with Gasteiger partial charge in [-0.2, -0.15) is 13.2 Å². The van der Waals surface area contributed by atoms with Crippen molar-refractivity contribution in [2.24, 2.45) is 0 Å². The van der Waals surface area contributed by atoms with Gasteiger partial charge in [0.1, 0.15) is 5.69 Å². The number of nitrogens with zero attached hydrogens (tertiary/aromatic N) is 4. The van der Waals surface area contributed by atoms with E-state index < -0.39 is 17.1 Å². The van der Waals surface area contributed by atoms with Crippen LogP contribution >= 0.6 is 23.4 Å². The van der Waals surface area contributed by atoms with Crippen molar-refractivity contribution in [3.63, 3.8) is 0 Å². The zero-order valence-electron chi connectivity index (χ0n) is 18.3. The van der Waals surface area contributed by atoms with Crippen LogP contribution in [0.25, 0.3) is 11.3 Å². The van der Waals surface area contributed by atoms with Crippen LogP contribution in [0, 0.1) is 0 Å². The molecule has 3 aromatic rings. The fourth-order valence-corrected chi connectivity index (χ4v) is 4.68. The molecule has 1 aliphatic rings. The summed E-state index contributed by atoms with van der Waals surface area (Å²) < 4.78 is 40.4. The second-order valence-electron chi connectivity index (χ2n) is 7.83. The number of thioether (sulfide) groups is 1. The summed E-state index contributed by atoms with van der Waals surface area (Å²) in [5.41, 5.74) is 0.723. The predicted octanol–water partition coefficient (Wildman–Crippen LogP) is 5.65. The van der Waals surface area contributed by atoms with Crippen LogP contribution < -0.4 is 4.90 Å². The van der Waals surface area contributed by atoms with E-state index in [0.29, 0.717) is 36.8 Å². The number of halogens is 4. The number of benzene rings is 2. The van der Waals surface area contributed by atoms with Crippen LogP contribution in [0.1, 0.15) is 12.6 Å². The van der Waals surface area contributed by atoms with Gasteiger partial charge in [-0.25, -0.2) is 9.97 Å². The number of amides is 1. The minimum Gasteiger partial charge on any atom is -0.368 e. The van der Waals surface area contributed by atoms with Crippen molar-refractivity contribution in [1.29, 1.82) is 0 Å². The molecule has 10 heteroatoms. The fourth-order valence-electron chi connectivity index (χ4n) is 3.68. The summed E-state index contributed by atoms with van der Waals surface area (Å²) in [5, 5.41) is -0.0424. The van der Waals surface area contributed by atoms with Gasteiger partial charge >= 0.3 is 6.18 Å². The number of anilines is 1. The molecule has 4 rings (SSSR count). The van der Waals surface area contributed by atoms with Crippen molar-refractivity contribution in [2.45, 2.75) is 23.5 Å². The van der Waals surface area contributed by atoms with E-state index in [1.54, 1.807) is 42.2 Å². The number of piperazine rings is 1. The first kappa shape index (κ1) is 24.3. The third-order valence-electron chi connectivity index (χ3n) is 5.48. The van der Waals surface area contributed by atoms with E-state index in [1.165, 1.54) is 0 Å². The van der Waals surface area contributed by atoms with Gasteiger partial charge in [-0.3, -0.25) is 4.79 Å². The van der Waals surface area contributed by atoms with Crippen molar-refractivity contribution >= 4 is 35.0 Å². The first-order chi connectivity index (χ1) is 16.2. The van der Waals surface area contributed by atoms with Crippen LogP contribution in [-0.4, -0.2) is 52.2 Å².